The van der Waals surface area contributed by atoms with Crippen molar-refractivity contribution in [3.8, 4) is 0 Å². The van der Waals surface area contributed by atoms with Gasteiger partial charge in [0, 0.05) is 43.3 Å². The lowest BCUT2D eigenvalue weighted by Crippen LogP contribution is -2.51. The molecule has 2 aromatic carbocycles. The van der Waals surface area contributed by atoms with Crippen molar-refractivity contribution in [2.24, 2.45) is 0 Å². The third-order valence-electron chi connectivity index (χ3n) is 6.50. The van der Waals surface area contributed by atoms with Gasteiger partial charge in [-0.05, 0) is 61.1 Å². The molecule has 0 spiro atoms. The summed E-state index contributed by atoms with van der Waals surface area (Å²) in [6, 6.07) is 12.5. The highest BCUT2D eigenvalue weighted by molar-refractivity contribution is 7.89. The van der Waals surface area contributed by atoms with E-state index in [0.717, 1.165) is 31.2 Å². The maximum atomic E-state index is 13.2. The number of aromatic nitrogens is 1. The molecule has 1 aliphatic carbocycles. The molecule has 2 aliphatic rings. The lowest BCUT2D eigenvalue weighted by molar-refractivity contribution is 0.0696. The Kier molecular flexibility index (Phi) is 5.35. The summed E-state index contributed by atoms with van der Waals surface area (Å²) in [4.78, 5) is 30.6. The van der Waals surface area contributed by atoms with Gasteiger partial charge in [0.05, 0.1) is 4.90 Å². The Morgan fingerprint density at radius 1 is 0.906 bits per heavy atom. The Balaban J connectivity index is 1.32. The van der Waals surface area contributed by atoms with E-state index in [-0.39, 0.29) is 43.1 Å². The number of amides is 1. The summed E-state index contributed by atoms with van der Waals surface area (Å²) in [5, 5.41) is 0.465. The number of rotatable bonds is 3. The Hall–Kier alpha value is -2.97. The largest absolute Gasteiger partial charge is 0.360 e. The number of nitrogens with zero attached hydrogens (tertiary/aromatic N) is 2. The molecule has 0 bridgehead atoms. The smallest absolute Gasteiger partial charge is 0.259 e. The molecule has 3 aromatic rings. The van der Waals surface area contributed by atoms with Gasteiger partial charge in [0.15, 0.2) is 0 Å². The number of pyridine rings is 1. The van der Waals surface area contributed by atoms with Crippen molar-refractivity contribution in [2.45, 2.75) is 30.6 Å². The van der Waals surface area contributed by atoms with Gasteiger partial charge in [-0.3, -0.25) is 9.59 Å². The molecule has 1 aromatic heterocycles. The zero-order chi connectivity index (χ0) is 22.3. The van der Waals surface area contributed by atoms with E-state index in [9.17, 15) is 18.0 Å². The van der Waals surface area contributed by atoms with E-state index in [0.29, 0.717) is 15.8 Å². The van der Waals surface area contributed by atoms with Crippen LogP contribution in [0.4, 0.5) is 0 Å². The zero-order valence-electron chi connectivity index (χ0n) is 17.7. The van der Waals surface area contributed by atoms with Crippen molar-refractivity contribution in [1.29, 1.82) is 0 Å². The molecule has 8 heteroatoms. The molecule has 1 fully saturated rings. The van der Waals surface area contributed by atoms with Gasteiger partial charge < -0.3 is 9.88 Å². The standard InChI is InChI=1S/C24H25N3O4S/c28-23-20-7-3-4-8-22(20)25-16-21(23)24(29)26-11-13-27(14-12-26)32(30,31)19-10-9-17-5-1-2-6-18(17)15-19/h3-4,7-10,15-16H,1-2,5-6,11-14H2,(H,25,28). The first-order chi connectivity index (χ1) is 15.4. The summed E-state index contributed by atoms with van der Waals surface area (Å²) >= 11 is 0. The second-order valence-electron chi connectivity index (χ2n) is 8.41. The number of hydrogen-bond donors (Lipinski definition) is 1. The first-order valence-electron chi connectivity index (χ1n) is 11.0. The van der Waals surface area contributed by atoms with Crippen molar-refractivity contribution in [3.05, 3.63) is 75.6 Å². The molecule has 0 radical (unpaired) electrons. The van der Waals surface area contributed by atoms with Gasteiger partial charge in [-0.25, -0.2) is 8.42 Å². The minimum Gasteiger partial charge on any atom is -0.360 e. The zero-order valence-corrected chi connectivity index (χ0v) is 18.5. The predicted molar refractivity (Wildman–Crippen MR) is 122 cm³/mol. The quantitative estimate of drug-likeness (QED) is 0.663. The molecule has 7 nitrogen and oxygen atoms in total. The van der Waals surface area contributed by atoms with Gasteiger partial charge >= 0.3 is 0 Å². The first kappa shape index (κ1) is 20.9. The summed E-state index contributed by atoms with van der Waals surface area (Å²) < 4.78 is 27.8. The monoisotopic (exact) mass is 451 g/mol. The lowest BCUT2D eigenvalue weighted by atomic mass is 9.92. The summed E-state index contributed by atoms with van der Waals surface area (Å²) in [6.45, 7) is 0.901. The van der Waals surface area contributed by atoms with Crippen molar-refractivity contribution < 1.29 is 13.2 Å². The minimum atomic E-state index is -3.62. The lowest BCUT2D eigenvalue weighted by Gasteiger charge is -2.34. The maximum Gasteiger partial charge on any atom is 0.259 e. The van der Waals surface area contributed by atoms with Crippen LogP contribution in [0.3, 0.4) is 0 Å². The number of aryl methyl sites for hydroxylation is 2. The molecular formula is C24H25N3O4S. The molecular weight excluding hydrogens is 426 g/mol. The van der Waals surface area contributed by atoms with Crippen LogP contribution in [0.2, 0.25) is 0 Å². The minimum absolute atomic E-state index is 0.0784. The molecule has 0 saturated carbocycles. The Labute approximate surface area is 186 Å². The molecule has 2 heterocycles. The van der Waals surface area contributed by atoms with Crippen LogP contribution in [0.5, 0.6) is 0 Å². The highest BCUT2D eigenvalue weighted by Gasteiger charge is 2.31. The van der Waals surface area contributed by atoms with E-state index < -0.39 is 10.0 Å². The number of para-hydroxylation sites is 1. The van der Waals surface area contributed by atoms with Gasteiger partial charge in [0.2, 0.25) is 15.5 Å². The van der Waals surface area contributed by atoms with E-state index in [1.165, 1.54) is 16.1 Å². The van der Waals surface area contributed by atoms with Crippen LogP contribution in [-0.2, 0) is 22.9 Å². The van der Waals surface area contributed by atoms with Crippen molar-refractivity contribution in [2.75, 3.05) is 26.2 Å². The Morgan fingerprint density at radius 3 is 2.41 bits per heavy atom. The number of benzene rings is 2. The molecule has 0 atom stereocenters. The molecule has 32 heavy (non-hydrogen) atoms. The van der Waals surface area contributed by atoms with E-state index >= 15 is 0 Å². The van der Waals surface area contributed by atoms with Crippen LogP contribution >= 0.6 is 0 Å². The van der Waals surface area contributed by atoms with Crippen LogP contribution < -0.4 is 5.43 Å². The van der Waals surface area contributed by atoms with Gasteiger partial charge in [0.25, 0.3) is 5.91 Å². The first-order valence-corrected chi connectivity index (χ1v) is 12.4. The SMILES string of the molecule is O=C(c1c[nH]c2ccccc2c1=O)N1CCN(S(=O)(=O)c2ccc3c(c2)CCCC3)CC1. The molecule has 1 saturated heterocycles. The number of fused-ring (bicyclic) bond motifs is 2. The van der Waals surface area contributed by atoms with Crippen molar-refractivity contribution in [1.82, 2.24) is 14.2 Å². The van der Waals surface area contributed by atoms with E-state index in [2.05, 4.69) is 4.98 Å². The Morgan fingerprint density at radius 2 is 1.62 bits per heavy atom. The van der Waals surface area contributed by atoms with E-state index in [4.69, 9.17) is 0 Å². The fraction of sp³-hybridized carbons (Fsp3) is 0.333. The average Bonchev–Trinajstić information content (AvgIpc) is 2.84. The second kappa shape index (κ2) is 8.18. The maximum absolute atomic E-state index is 13.2. The van der Waals surface area contributed by atoms with Crippen molar-refractivity contribution in [3.63, 3.8) is 0 Å². The van der Waals surface area contributed by atoms with Crippen LogP contribution in [0.15, 0.2) is 58.4 Å². The third kappa shape index (κ3) is 3.63. The average molecular weight is 452 g/mol. The molecule has 166 valence electrons. The summed E-state index contributed by atoms with van der Waals surface area (Å²) in [7, 11) is -3.62. The van der Waals surface area contributed by atoms with Crippen molar-refractivity contribution >= 4 is 26.8 Å². The number of carbonyl (C=O) groups excluding carboxylic acids is 1. The number of piperazine rings is 1. The second-order valence-corrected chi connectivity index (χ2v) is 10.3. The summed E-state index contributed by atoms with van der Waals surface area (Å²) in [6.07, 6.45) is 5.61. The van der Waals surface area contributed by atoms with Crippen LogP contribution in [0.1, 0.15) is 34.3 Å². The molecule has 5 rings (SSSR count). The summed E-state index contributed by atoms with van der Waals surface area (Å²) in [5.74, 6) is -0.372. The van der Waals surface area contributed by atoms with Crippen LogP contribution in [0, 0.1) is 0 Å². The number of hydrogen-bond acceptors (Lipinski definition) is 4. The molecule has 1 aliphatic heterocycles. The fourth-order valence-electron chi connectivity index (χ4n) is 4.65. The van der Waals surface area contributed by atoms with E-state index in [1.807, 2.05) is 18.2 Å². The normalized spacial score (nSPS) is 17.3. The number of sulfonamides is 1. The van der Waals surface area contributed by atoms with Gasteiger partial charge in [-0.2, -0.15) is 4.31 Å². The molecule has 1 amide bonds. The van der Waals surface area contributed by atoms with Gasteiger partial charge in [-0.1, -0.05) is 18.2 Å². The van der Waals surface area contributed by atoms with Crippen LogP contribution in [-0.4, -0.2) is 54.7 Å². The van der Waals surface area contributed by atoms with E-state index in [1.54, 1.807) is 29.2 Å². The highest BCUT2D eigenvalue weighted by atomic mass is 32.2. The molecule has 1 N–H and O–H groups in total. The van der Waals surface area contributed by atoms with Gasteiger partial charge in [-0.15, -0.1) is 0 Å². The Bertz CT molecular complexity index is 1360. The number of carbonyl (C=O) groups is 1. The highest BCUT2D eigenvalue weighted by Crippen LogP contribution is 2.26. The number of nitrogens with one attached hydrogen (secondary N) is 1. The number of aromatic amines is 1. The van der Waals surface area contributed by atoms with Crippen LogP contribution in [0.25, 0.3) is 10.9 Å². The topological polar surface area (TPSA) is 90.6 Å². The third-order valence-corrected chi connectivity index (χ3v) is 8.40. The molecule has 0 unspecified atom stereocenters. The van der Waals surface area contributed by atoms with Gasteiger partial charge in [0.1, 0.15) is 5.56 Å². The summed E-state index contributed by atoms with van der Waals surface area (Å²) in [5.41, 5.74) is 2.81. The predicted octanol–water partition coefficient (Wildman–Crippen LogP) is 2.55. The number of H-pyrrole nitrogens is 1. The fourth-order valence-corrected chi connectivity index (χ4v) is 6.12.